The van der Waals surface area contributed by atoms with E-state index in [1.54, 1.807) is 0 Å². The molecule has 0 aliphatic rings. The van der Waals surface area contributed by atoms with Crippen molar-refractivity contribution in [2.45, 2.75) is 32.6 Å². The van der Waals surface area contributed by atoms with Crippen molar-refractivity contribution in [2.24, 2.45) is 0 Å². The maximum absolute atomic E-state index is 12.1. The minimum atomic E-state index is -0.0290. The molecule has 0 saturated heterocycles. The molecule has 1 amide bonds. The Morgan fingerprint density at radius 1 is 1.04 bits per heavy atom. The molecule has 5 nitrogen and oxygen atoms in total. The molecular formula is C20H21N3O2. The zero-order valence-corrected chi connectivity index (χ0v) is 14.4. The van der Waals surface area contributed by atoms with Crippen LogP contribution in [0, 0.1) is 0 Å². The third kappa shape index (κ3) is 4.76. The van der Waals surface area contributed by atoms with Gasteiger partial charge in [0.25, 0.3) is 0 Å². The minimum absolute atomic E-state index is 0.0290. The Balaban J connectivity index is 1.57. The molecule has 3 aromatic rings. The van der Waals surface area contributed by atoms with Gasteiger partial charge in [-0.2, -0.15) is 4.98 Å². The molecule has 3 rings (SSSR count). The summed E-state index contributed by atoms with van der Waals surface area (Å²) in [5, 5.41) is 6.91. The topological polar surface area (TPSA) is 68.0 Å². The monoisotopic (exact) mass is 335 g/mol. The second kappa shape index (κ2) is 7.75. The fourth-order valence-corrected chi connectivity index (χ4v) is 2.45. The summed E-state index contributed by atoms with van der Waals surface area (Å²) in [6, 6.07) is 17.4. The van der Waals surface area contributed by atoms with Crippen LogP contribution < -0.4 is 5.32 Å². The molecule has 0 atom stereocenters. The number of hydrogen-bond donors (Lipinski definition) is 1. The molecule has 0 bridgehead atoms. The van der Waals surface area contributed by atoms with E-state index in [0.29, 0.717) is 24.6 Å². The van der Waals surface area contributed by atoms with Gasteiger partial charge >= 0.3 is 0 Å². The van der Waals surface area contributed by atoms with Crippen molar-refractivity contribution in [1.82, 2.24) is 10.1 Å². The Bertz CT molecular complexity index is 824. The van der Waals surface area contributed by atoms with E-state index >= 15 is 0 Å². The van der Waals surface area contributed by atoms with Crippen LogP contribution in [0.5, 0.6) is 0 Å². The smallest absolute Gasteiger partial charge is 0.229 e. The summed E-state index contributed by atoms with van der Waals surface area (Å²) in [6.45, 7) is 4.04. The standard InChI is InChI=1S/C20H21N3O2/c1-14(2)20-22-18(23-25-20)12-16-8-10-17(11-9-16)21-19(24)13-15-6-4-3-5-7-15/h3-11,14H,12-13H2,1-2H3,(H,21,24). The maximum Gasteiger partial charge on any atom is 0.229 e. The molecule has 25 heavy (non-hydrogen) atoms. The zero-order chi connectivity index (χ0) is 17.6. The number of carbonyl (C=O) groups excluding carboxylic acids is 1. The van der Waals surface area contributed by atoms with Crippen molar-refractivity contribution < 1.29 is 9.32 Å². The fraction of sp³-hybridized carbons (Fsp3) is 0.250. The Morgan fingerprint density at radius 2 is 1.76 bits per heavy atom. The van der Waals surface area contributed by atoms with E-state index in [9.17, 15) is 4.79 Å². The SMILES string of the molecule is CC(C)c1nc(Cc2ccc(NC(=O)Cc3ccccc3)cc2)no1. The first kappa shape index (κ1) is 16.9. The van der Waals surface area contributed by atoms with Crippen LogP contribution in [0.4, 0.5) is 5.69 Å². The quantitative estimate of drug-likeness (QED) is 0.740. The van der Waals surface area contributed by atoms with Crippen molar-refractivity contribution in [2.75, 3.05) is 5.32 Å². The van der Waals surface area contributed by atoms with Gasteiger partial charge in [0.1, 0.15) is 0 Å². The predicted molar refractivity (Wildman–Crippen MR) is 96.4 cm³/mol. The number of aromatic nitrogens is 2. The number of nitrogens with zero attached hydrogens (tertiary/aromatic N) is 2. The van der Waals surface area contributed by atoms with Gasteiger partial charge in [0, 0.05) is 18.0 Å². The highest BCUT2D eigenvalue weighted by Crippen LogP contribution is 2.15. The Labute approximate surface area is 147 Å². The Kier molecular flexibility index (Phi) is 5.23. The highest BCUT2D eigenvalue weighted by atomic mass is 16.5. The lowest BCUT2D eigenvalue weighted by Crippen LogP contribution is -2.14. The van der Waals surface area contributed by atoms with Gasteiger partial charge in [0.15, 0.2) is 5.82 Å². The first-order valence-electron chi connectivity index (χ1n) is 8.35. The van der Waals surface area contributed by atoms with Gasteiger partial charge in [-0.3, -0.25) is 4.79 Å². The van der Waals surface area contributed by atoms with Crippen molar-refractivity contribution in [3.63, 3.8) is 0 Å². The predicted octanol–water partition coefficient (Wildman–Crippen LogP) is 3.97. The van der Waals surface area contributed by atoms with Gasteiger partial charge in [-0.15, -0.1) is 0 Å². The first-order valence-corrected chi connectivity index (χ1v) is 8.35. The molecule has 0 radical (unpaired) electrons. The van der Waals surface area contributed by atoms with Crippen LogP contribution in [0.1, 0.15) is 42.6 Å². The van der Waals surface area contributed by atoms with Gasteiger partial charge in [-0.1, -0.05) is 61.5 Å². The first-order chi connectivity index (χ1) is 12.1. The van der Waals surface area contributed by atoms with Crippen molar-refractivity contribution in [3.05, 3.63) is 77.4 Å². The van der Waals surface area contributed by atoms with E-state index < -0.39 is 0 Å². The molecule has 1 N–H and O–H groups in total. The molecule has 2 aromatic carbocycles. The van der Waals surface area contributed by atoms with E-state index in [4.69, 9.17) is 4.52 Å². The molecule has 0 saturated carbocycles. The van der Waals surface area contributed by atoms with E-state index in [2.05, 4.69) is 15.5 Å². The normalized spacial score (nSPS) is 10.8. The lowest BCUT2D eigenvalue weighted by atomic mass is 10.1. The Hall–Kier alpha value is -2.95. The summed E-state index contributed by atoms with van der Waals surface area (Å²) in [5.41, 5.74) is 2.84. The third-order valence-electron chi connectivity index (χ3n) is 3.79. The second-order valence-corrected chi connectivity index (χ2v) is 6.29. The molecule has 0 spiro atoms. The van der Waals surface area contributed by atoms with Crippen LogP contribution in [-0.2, 0) is 17.6 Å². The average molecular weight is 335 g/mol. The van der Waals surface area contributed by atoms with Gasteiger partial charge in [-0.05, 0) is 23.3 Å². The molecule has 128 valence electrons. The van der Waals surface area contributed by atoms with Crippen LogP contribution in [-0.4, -0.2) is 16.0 Å². The lowest BCUT2D eigenvalue weighted by molar-refractivity contribution is -0.115. The number of hydrogen-bond acceptors (Lipinski definition) is 4. The van der Waals surface area contributed by atoms with E-state index in [-0.39, 0.29) is 11.8 Å². The van der Waals surface area contributed by atoms with Crippen LogP contribution in [0.3, 0.4) is 0 Å². The summed E-state index contributed by atoms with van der Waals surface area (Å²) < 4.78 is 5.21. The van der Waals surface area contributed by atoms with Crippen LogP contribution in [0.25, 0.3) is 0 Å². The zero-order valence-electron chi connectivity index (χ0n) is 14.4. The van der Waals surface area contributed by atoms with Gasteiger partial charge in [0.05, 0.1) is 6.42 Å². The number of rotatable bonds is 6. The maximum atomic E-state index is 12.1. The van der Waals surface area contributed by atoms with E-state index in [0.717, 1.165) is 16.8 Å². The molecule has 0 unspecified atom stereocenters. The van der Waals surface area contributed by atoms with Crippen molar-refractivity contribution >= 4 is 11.6 Å². The van der Waals surface area contributed by atoms with Gasteiger partial charge in [0.2, 0.25) is 11.8 Å². The van der Waals surface area contributed by atoms with E-state index in [1.165, 1.54) is 0 Å². The van der Waals surface area contributed by atoms with Gasteiger partial charge < -0.3 is 9.84 Å². The second-order valence-electron chi connectivity index (χ2n) is 6.29. The van der Waals surface area contributed by atoms with Gasteiger partial charge in [-0.25, -0.2) is 0 Å². The number of amides is 1. The molecular weight excluding hydrogens is 314 g/mol. The molecule has 0 fully saturated rings. The summed E-state index contributed by atoms with van der Waals surface area (Å²) >= 11 is 0. The number of anilines is 1. The summed E-state index contributed by atoms with van der Waals surface area (Å²) in [4.78, 5) is 16.5. The highest BCUT2D eigenvalue weighted by Gasteiger charge is 2.10. The lowest BCUT2D eigenvalue weighted by Gasteiger charge is -2.06. The molecule has 1 heterocycles. The van der Waals surface area contributed by atoms with Crippen molar-refractivity contribution in [1.29, 1.82) is 0 Å². The van der Waals surface area contributed by atoms with Crippen LogP contribution in [0.15, 0.2) is 59.1 Å². The van der Waals surface area contributed by atoms with Crippen LogP contribution in [0.2, 0.25) is 0 Å². The minimum Gasteiger partial charge on any atom is -0.339 e. The van der Waals surface area contributed by atoms with E-state index in [1.807, 2.05) is 68.4 Å². The average Bonchev–Trinajstić information content (AvgIpc) is 3.06. The largest absolute Gasteiger partial charge is 0.339 e. The molecule has 0 aliphatic heterocycles. The Morgan fingerprint density at radius 3 is 2.40 bits per heavy atom. The summed E-state index contributed by atoms with van der Waals surface area (Å²) in [7, 11) is 0. The number of nitrogens with one attached hydrogen (secondary N) is 1. The summed E-state index contributed by atoms with van der Waals surface area (Å²) in [5.74, 6) is 1.52. The molecule has 5 heteroatoms. The third-order valence-corrected chi connectivity index (χ3v) is 3.79. The highest BCUT2D eigenvalue weighted by molar-refractivity contribution is 5.92. The number of benzene rings is 2. The molecule has 0 aliphatic carbocycles. The number of carbonyl (C=O) groups is 1. The van der Waals surface area contributed by atoms with Crippen molar-refractivity contribution in [3.8, 4) is 0 Å². The van der Waals surface area contributed by atoms with Crippen LogP contribution >= 0.6 is 0 Å². The fourth-order valence-electron chi connectivity index (χ4n) is 2.45. The summed E-state index contributed by atoms with van der Waals surface area (Å²) in [6.07, 6.45) is 0.970. The molecule has 1 aromatic heterocycles.